The minimum Gasteiger partial charge on any atom is -0.484 e. The van der Waals surface area contributed by atoms with E-state index < -0.39 is 6.04 Å². The first-order chi connectivity index (χ1) is 14.7. The highest BCUT2D eigenvalue weighted by atomic mass is 16.5. The Bertz CT molecular complexity index is 856. The molecule has 0 aliphatic carbocycles. The van der Waals surface area contributed by atoms with Crippen LogP contribution in [0.3, 0.4) is 0 Å². The number of ether oxygens (including phenoxy) is 1. The number of hydrogen-bond donors (Lipinski definition) is 1. The van der Waals surface area contributed by atoms with Gasteiger partial charge in [0.15, 0.2) is 6.61 Å². The summed E-state index contributed by atoms with van der Waals surface area (Å²) in [6.07, 6.45) is 1.37. The van der Waals surface area contributed by atoms with Gasteiger partial charge in [0.1, 0.15) is 11.8 Å². The van der Waals surface area contributed by atoms with Crippen LogP contribution in [0.5, 0.6) is 5.75 Å². The minimum atomic E-state index is -0.550. The van der Waals surface area contributed by atoms with Crippen molar-refractivity contribution in [1.82, 2.24) is 10.2 Å². The number of benzene rings is 2. The molecule has 2 aromatic rings. The first-order valence-corrected chi connectivity index (χ1v) is 11.1. The summed E-state index contributed by atoms with van der Waals surface area (Å²) in [5.74, 6) is 0.341. The van der Waals surface area contributed by atoms with E-state index >= 15 is 0 Å². The lowest BCUT2D eigenvalue weighted by atomic mass is 10.1. The highest BCUT2D eigenvalue weighted by Crippen LogP contribution is 2.18. The van der Waals surface area contributed by atoms with Crippen LogP contribution < -0.4 is 10.1 Å². The monoisotopic (exact) mass is 424 g/mol. The highest BCUT2D eigenvalue weighted by Gasteiger charge is 2.29. The summed E-state index contributed by atoms with van der Waals surface area (Å²) in [6.45, 7) is 12.2. The van der Waals surface area contributed by atoms with Crippen molar-refractivity contribution in [3.05, 3.63) is 64.7 Å². The first kappa shape index (κ1) is 24.4. The molecule has 31 heavy (non-hydrogen) atoms. The van der Waals surface area contributed by atoms with Gasteiger partial charge in [-0.25, -0.2) is 0 Å². The molecule has 0 bridgehead atoms. The zero-order valence-electron chi connectivity index (χ0n) is 19.7. The van der Waals surface area contributed by atoms with Crippen molar-refractivity contribution in [3.8, 4) is 5.75 Å². The van der Waals surface area contributed by atoms with Crippen LogP contribution in [0.15, 0.2) is 42.5 Å². The number of carbonyl (C=O) groups is 2. The van der Waals surface area contributed by atoms with Crippen molar-refractivity contribution >= 4 is 11.8 Å². The van der Waals surface area contributed by atoms with E-state index in [2.05, 4.69) is 11.4 Å². The molecule has 0 unspecified atom stereocenters. The van der Waals surface area contributed by atoms with Gasteiger partial charge in [0, 0.05) is 12.6 Å². The minimum absolute atomic E-state index is 0.0596. The largest absolute Gasteiger partial charge is 0.484 e. The van der Waals surface area contributed by atoms with Gasteiger partial charge >= 0.3 is 0 Å². The molecular weight excluding hydrogens is 388 g/mol. The van der Waals surface area contributed by atoms with E-state index in [9.17, 15) is 9.59 Å². The van der Waals surface area contributed by atoms with Gasteiger partial charge in [-0.2, -0.15) is 0 Å². The molecule has 5 nitrogen and oxygen atoms in total. The molecule has 168 valence electrons. The Labute approximate surface area is 186 Å². The Morgan fingerprint density at radius 3 is 2.10 bits per heavy atom. The lowest BCUT2D eigenvalue weighted by Gasteiger charge is -2.31. The van der Waals surface area contributed by atoms with E-state index in [0.29, 0.717) is 18.7 Å². The van der Waals surface area contributed by atoms with Gasteiger partial charge in [-0.1, -0.05) is 49.7 Å². The average Bonchev–Trinajstić information content (AvgIpc) is 2.72. The number of aryl methyl sites for hydroxylation is 3. The maximum absolute atomic E-state index is 13.2. The van der Waals surface area contributed by atoms with Gasteiger partial charge in [0.2, 0.25) is 5.91 Å². The zero-order valence-corrected chi connectivity index (χ0v) is 19.7. The molecule has 0 saturated heterocycles. The van der Waals surface area contributed by atoms with Gasteiger partial charge < -0.3 is 15.0 Å². The van der Waals surface area contributed by atoms with E-state index in [4.69, 9.17) is 4.74 Å². The Morgan fingerprint density at radius 1 is 0.935 bits per heavy atom. The van der Waals surface area contributed by atoms with Crippen molar-refractivity contribution in [2.45, 2.75) is 73.0 Å². The lowest BCUT2D eigenvalue weighted by Crippen LogP contribution is -2.51. The maximum Gasteiger partial charge on any atom is 0.261 e. The molecule has 2 atom stereocenters. The molecule has 0 aliphatic heterocycles. The number of carbonyl (C=O) groups excluding carboxylic acids is 2. The second-order valence-corrected chi connectivity index (χ2v) is 8.36. The fourth-order valence-electron chi connectivity index (χ4n) is 3.50. The van der Waals surface area contributed by atoms with Crippen molar-refractivity contribution in [3.63, 3.8) is 0 Å². The molecule has 0 fully saturated rings. The standard InChI is InChI=1S/C26H36N2O3/c1-7-21(6)27-26(30)24(8-2)28(16-22-11-9-18(3)10-12-22)25(29)17-31-23-14-19(4)13-20(5)15-23/h9-15,21,24H,7-8,16-17H2,1-6H3,(H,27,30)/t21-,24+/m1/s1. The molecule has 2 amide bonds. The van der Waals surface area contributed by atoms with Crippen LogP contribution in [0, 0.1) is 20.8 Å². The zero-order chi connectivity index (χ0) is 23.0. The van der Waals surface area contributed by atoms with E-state index in [0.717, 1.165) is 28.7 Å². The third kappa shape index (κ3) is 7.42. The normalized spacial score (nSPS) is 12.7. The summed E-state index contributed by atoms with van der Waals surface area (Å²) in [7, 11) is 0. The lowest BCUT2D eigenvalue weighted by molar-refractivity contribution is -0.143. The van der Waals surface area contributed by atoms with Crippen LogP contribution >= 0.6 is 0 Å². The second kappa shape index (κ2) is 11.5. The van der Waals surface area contributed by atoms with Crippen molar-refractivity contribution in [1.29, 1.82) is 0 Å². The Balaban J connectivity index is 2.22. The molecule has 0 radical (unpaired) electrons. The number of hydrogen-bond acceptors (Lipinski definition) is 3. The Morgan fingerprint density at radius 2 is 1.55 bits per heavy atom. The van der Waals surface area contributed by atoms with E-state index in [1.54, 1.807) is 4.90 Å². The number of nitrogens with one attached hydrogen (secondary N) is 1. The molecule has 0 saturated carbocycles. The van der Waals surface area contributed by atoms with Crippen LogP contribution in [-0.4, -0.2) is 35.4 Å². The Kier molecular flexibility index (Phi) is 9.10. The number of amides is 2. The van der Waals surface area contributed by atoms with Gasteiger partial charge in [0.05, 0.1) is 0 Å². The van der Waals surface area contributed by atoms with Crippen molar-refractivity contribution in [2.75, 3.05) is 6.61 Å². The first-order valence-electron chi connectivity index (χ1n) is 11.1. The van der Waals surface area contributed by atoms with E-state index in [1.807, 2.05) is 77.9 Å². The van der Waals surface area contributed by atoms with Crippen LogP contribution in [-0.2, 0) is 16.1 Å². The topological polar surface area (TPSA) is 58.6 Å². The molecule has 0 spiro atoms. The molecule has 0 aromatic heterocycles. The summed E-state index contributed by atoms with van der Waals surface area (Å²) >= 11 is 0. The predicted molar refractivity (Wildman–Crippen MR) is 125 cm³/mol. The molecule has 5 heteroatoms. The van der Waals surface area contributed by atoms with Gasteiger partial charge in [-0.15, -0.1) is 0 Å². The molecule has 0 heterocycles. The molecule has 1 N–H and O–H groups in total. The summed E-state index contributed by atoms with van der Waals surface area (Å²) in [6, 6.07) is 13.4. The van der Waals surface area contributed by atoms with Crippen molar-refractivity contribution in [2.24, 2.45) is 0 Å². The number of rotatable bonds is 10. The van der Waals surface area contributed by atoms with Crippen LogP contribution in [0.4, 0.5) is 0 Å². The summed E-state index contributed by atoms with van der Waals surface area (Å²) in [4.78, 5) is 27.8. The molecule has 2 aromatic carbocycles. The molecule has 0 aliphatic rings. The van der Waals surface area contributed by atoms with Crippen LogP contribution in [0.1, 0.15) is 55.9 Å². The summed E-state index contributed by atoms with van der Waals surface area (Å²) < 4.78 is 5.82. The smallest absolute Gasteiger partial charge is 0.261 e. The van der Waals surface area contributed by atoms with Crippen LogP contribution in [0.2, 0.25) is 0 Å². The average molecular weight is 425 g/mol. The van der Waals surface area contributed by atoms with Gasteiger partial charge in [-0.3, -0.25) is 9.59 Å². The SMILES string of the molecule is CC[C@@H](C)NC(=O)[C@H](CC)N(Cc1ccc(C)cc1)C(=O)COc1cc(C)cc(C)c1. The van der Waals surface area contributed by atoms with Crippen molar-refractivity contribution < 1.29 is 14.3 Å². The summed E-state index contributed by atoms with van der Waals surface area (Å²) in [5.41, 5.74) is 4.30. The summed E-state index contributed by atoms with van der Waals surface area (Å²) in [5, 5.41) is 3.03. The van der Waals surface area contributed by atoms with Gasteiger partial charge in [-0.05, 0) is 69.4 Å². The number of nitrogens with zero attached hydrogens (tertiary/aromatic N) is 1. The molecular formula is C26H36N2O3. The predicted octanol–water partition coefficient (Wildman–Crippen LogP) is 4.71. The molecule has 2 rings (SSSR count). The fourth-order valence-corrected chi connectivity index (χ4v) is 3.50. The quantitative estimate of drug-likeness (QED) is 0.601. The second-order valence-electron chi connectivity index (χ2n) is 8.36. The van der Waals surface area contributed by atoms with E-state index in [1.165, 1.54) is 0 Å². The Hall–Kier alpha value is -2.82. The third-order valence-corrected chi connectivity index (χ3v) is 5.42. The van der Waals surface area contributed by atoms with E-state index in [-0.39, 0.29) is 24.5 Å². The van der Waals surface area contributed by atoms with Crippen LogP contribution in [0.25, 0.3) is 0 Å². The highest BCUT2D eigenvalue weighted by molar-refractivity contribution is 5.88. The maximum atomic E-state index is 13.2. The van der Waals surface area contributed by atoms with Gasteiger partial charge in [0.25, 0.3) is 5.91 Å². The third-order valence-electron chi connectivity index (χ3n) is 5.42. The fraction of sp³-hybridized carbons (Fsp3) is 0.462.